The molecule has 0 radical (unpaired) electrons. The van der Waals surface area contributed by atoms with Crippen molar-refractivity contribution in [3.8, 4) is 0 Å². The van der Waals surface area contributed by atoms with Gasteiger partial charge in [-0.15, -0.1) is 0 Å². The Morgan fingerprint density at radius 2 is 1.63 bits per heavy atom. The first-order chi connectivity index (χ1) is 12.7. The summed E-state index contributed by atoms with van der Waals surface area (Å²) in [4.78, 5) is 24.8. The number of hydrogen-bond acceptors (Lipinski definition) is 5. The predicted octanol–water partition coefficient (Wildman–Crippen LogP) is 4.65. The third-order valence-electron chi connectivity index (χ3n) is 5.37. The number of carbonyl (C=O) groups is 1. The van der Waals surface area contributed by atoms with Crippen molar-refractivity contribution in [2.24, 2.45) is 11.8 Å². The summed E-state index contributed by atoms with van der Waals surface area (Å²) in [6.07, 6.45) is 5.69. The lowest BCUT2D eigenvalue weighted by Crippen LogP contribution is -2.44. The van der Waals surface area contributed by atoms with Crippen LogP contribution >= 0.6 is 23.2 Å². The lowest BCUT2D eigenvalue weighted by molar-refractivity contribution is 0.0152. The first kappa shape index (κ1) is 20.5. The second-order valence-corrected chi connectivity index (χ2v) is 9.20. The maximum atomic E-state index is 12.2. The Bertz CT molecular complexity index is 664. The molecule has 0 spiro atoms. The molecule has 0 saturated carbocycles. The number of ether oxygens (including phenoxy) is 1. The molecule has 2 aliphatic rings. The van der Waals surface area contributed by atoms with E-state index in [0.29, 0.717) is 28.0 Å². The number of nitrogens with zero attached hydrogens (tertiary/aromatic N) is 4. The maximum absolute atomic E-state index is 12.2. The molecule has 1 amide bonds. The number of anilines is 1. The summed E-state index contributed by atoms with van der Waals surface area (Å²) < 4.78 is 5.49. The fraction of sp³-hybridized carbons (Fsp3) is 0.737. The quantitative estimate of drug-likeness (QED) is 0.659. The van der Waals surface area contributed by atoms with Crippen LogP contribution in [0, 0.1) is 11.8 Å². The number of hydrogen-bond donors (Lipinski definition) is 0. The zero-order chi connectivity index (χ0) is 19.6. The molecule has 0 unspecified atom stereocenters. The van der Waals surface area contributed by atoms with Gasteiger partial charge in [0.1, 0.15) is 5.60 Å². The zero-order valence-electron chi connectivity index (χ0n) is 16.3. The second kappa shape index (κ2) is 8.39. The van der Waals surface area contributed by atoms with Gasteiger partial charge in [-0.25, -0.2) is 9.78 Å². The van der Waals surface area contributed by atoms with Crippen molar-refractivity contribution in [2.75, 3.05) is 31.1 Å². The molecule has 2 fully saturated rings. The van der Waals surface area contributed by atoms with Gasteiger partial charge in [-0.3, -0.25) is 0 Å². The largest absolute Gasteiger partial charge is 0.444 e. The number of halogens is 2. The van der Waals surface area contributed by atoms with Crippen LogP contribution in [-0.4, -0.2) is 52.7 Å². The molecule has 2 aliphatic heterocycles. The Balaban J connectivity index is 1.47. The van der Waals surface area contributed by atoms with Gasteiger partial charge in [-0.05, 0) is 58.3 Å². The van der Waals surface area contributed by atoms with Crippen LogP contribution < -0.4 is 4.90 Å². The fourth-order valence-electron chi connectivity index (χ4n) is 3.94. The minimum Gasteiger partial charge on any atom is -0.444 e. The lowest BCUT2D eigenvalue weighted by Gasteiger charge is -2.40. The number of amides is 1. The summed E-state index contributed by atoms with van der Waals surface area (Å²) in [5, 5.41) is 0.686. The Morgan fingerprint density at radius 3 is 2.15 bits per heavy atom. The van der Waals surface area contributed by atoms with Gasteiger partial charge in [-0.1, -0.05) is 23.2 Å². The normalized spacial score (nSPS) is 20.0. The average molecular weight is 415 g/mol. The van der Waals surface area contributed by atoms with Crippen LogP contribution in [0.3, 0.4) is 0 Å². The van der Waals surface area contributed by atoms with E-state index in [0.717, 1.165) is 51.9 Å². The third-order valence-corrected chi connectivity index (χ3v) is 6.03. The lowest BCUT2D eigenvalue weighted by atomic mass is 9.79. The standard InChI is InChI=1S/C19H28Cl2N4O2/c1-19(2,3)27-18(26)25-10-6-14(7-11-25)13-4-8-24(9-5-13)17-22-12-15(20)16(21)23-17/h12-14H,4-11H2,1-3H3. The molecule has 1 aromatic heterocycles. The number of piperidine rings is 2. The molecule has 0 atom stereocenters. The molecule has 0 aromatic carbocycles. The van der Waals surface area contributed by atoms with Gasteiger partial charge in [-0.2, -0.15) is 4.98 Å². The third kappa shape index (κ3) is 5.38. The van der Waals surface area contributed by atoms with Crippen molar-refractivity contribution < 1.29 is 9.53 Å². The first-order valence-corrected chi connectivity index (χ1v) is 10.4. The molecule has 6 nitrogen and oxygen atoms in total. The first-order valence-electron chi connectivity index (χ1n) is 9.64. The van der Waals surface area contributed by atoms with Crippen molar-refractivity contribution in [2.45, 2.75) is 52.1 Å². The van der Waals surface area contributed by atoms with E-state index in [4.69, 9.17) is 27.9 Å². The fourth-order valence-corrected chi connectivity index (χ4v) is 4.16. The minimum atomic E-state index is -0.437. The van der Waals surface area contributed by atoms with Gasteiger partial charge in [0.05, 0.1) is 11.2 Å². The van der Waals surface area contributed by atoms with Crippen LogP contribution in [0.15, 0.2) is 6.20 Å². The highest BCUT2D eigenvalue weighted by molar-refractivity contribution is 6.41. The summed E-state index contributed by atoms with van der Waals surface area (Å²) in [6.45, 7) is 9.14. The molecule has 0 N–H and O–H groups in total. The summed E-state index contributed by atoms with van der Waals surface area (Å²) in [6, 6.07) is 0. The Labute approximate surface area is 171 Å². The monoisotopic (exact) mass is 414 g/mol. The van der Waals surface area contributed by atoms with E-state index >= 15 is 0 Å². The SMILES string of the molecule is CC(C)(C)OC(=O)N1CCC(C2CCN(c3ncc(Cl)c(Cl)n3)CC2)CC1. The van der Waals surface area contributed by atoms with Crippen molar-refractivity contribution in [1.82, 2.24) is 14.9 Å². The van der Waals surface area contributed by atoms with Crippen LogP contribution in [0.4, 0.5) is 10.7 Å². The summed E-state index contributed by atoms with van der Waals surface area (Å²) in [7, 11) is 0. The van der Waals surface area contributed by atoms with Crippen LogP contribution in [0.5, 0.6) is 0 Å². The van der Waals surface area contributed by atoms with Crippen LogP contribution in [0.1, 0.15) is 46.5 Å². The molecule has 1 aromatic rings. The second-order valence-electron chi connectivity index (χ2n) is 8.44. The van der Waals surface area contributed by atoms with Crippen LogP contribution in [0.25, 0.3) is 0 Å². The van der Waals surface area contributed by atoms with Crippen molar-refractivity contribution in [3.05, 3.63) is 16.4 Å². The maximum Gasteiger partial charge on any atom is 0.410 e. The average Bonchev–Trinajstić information content (AvgIpc) is 2.63. The van der Waals surface area contributed by atoms with Gasteiger partial charge in [0, 0.05) is 26.2 Å². The van der Waals surface area contributed by atoms with E-state index in [2.05, 4.69) is 14.9 Å². The van der Waals surface area contributed by atoms with Crippen LogP contribution in [-0.2, 0) is 4.74 Å². The highest BCUT2D eigenvalue weighted by Gasteiger charge is 2.32. The summed E-state index contributed by atoms with van der Waals surface area (Å²) in [5.74, 6) is 2.01. The van der Waals surface area contributed by atoms with Gasteiger partial charge in [0.2, 0.25) is 5.95 Å². The molecule has 150 valence electrons. The van der Waals surface area contributed by atoms with E-state index in [1.54, 1.807) is 6.20 Å². The Hall–Kier alpha value is -1.27. The van der Waals surface area contributed by atoms with Crippen molar-refractivity contribution in [1.29, 1.82) is 0 Å². The van der Waals surface area contributed by atoms with Crippen molar-refractivity contribution in [3.63, 3.8) is 0 Å². The molecule has 2 saturated heterocycles. The van der Waals surface area contributed by atoms with Gasteiger partial charge >= 0.3 is 6.09 Å². The number of carbonyl (C=O) groups excluding carboxylic acids is 1. The van der Waals surface area contributed by atoms with Crippen LogP contribution in [0.2, 0.25) is 10.2 Å². The zero-order valence-corrected chi connectivity index (χ0v) is 17.8. The molecular weight excluding hydrogens is 387 g/mol. The molecule has 0 aliphatic carbocycles. The van der Waals surface area contributed by atoms with Gasteiger partial charge < -0.3 is 14.5 Å². The molecule has 8 heteroatoms. The summed E-state index contributed by atoms with van der Waals surface area (Å²) in [5.41, 5.74) is -0.437. The smallest absolute Gasteiger partial charge is 0.410 e. The Morgan fingerprint density at radius 1 is 1.07 bits per heavy atom. The highest BCUT2D eigenvalue weighted by atomic mass is 35.5. The van der Waals surface area contributed by atoms with Crippen molar-refractivity contribution >= 4 is 35.2 Å². The van der Waals surface area contributed by atoms with E-state index in [9.17, 15) is 4.79 Å². The van der Waals surface area contributed by atoms with E-state index < -0.39 is 5.60 Å². The number of likely N-dealkylation sites (tertiary alicyclic amines) is 1. The number of aromatic nitrogens is 2. The molecular formula is C19H28Cl2N4O2. The van der Waals surface area contributed by atoms with E-state index in [1.807, 2.05) is 25.7 Å². The molecule has 27 heavy (non-hydrogen) atoms. The van der Waals surface area contributed by atoms with E-state index in [1.165, 1.54) is 0 Å². The molecule has 3 rings (SSSR count). The Kier molecular flexibility index (Phi) is 6.36. The van der Waals surface area contributed by atoms with Gasteiger partial charge in [0.15, 0.2) is 5.15 Å². The molecule has 3 heterocycles. The highest BCUT2D eigenvalue weighted by Crippen LogP contribution is 2.34. The topological polar surface area (TPSA) is 58.6 Å². The number of rotatable bonds is 2. The molecule has 0 bridgehead atoms. The summed E-state index contributed by atoms with van der Waals surface area (Å²) >= 11 is 11.9. The minimum absolute atomic E-state index is 0.187. The van der Waals surface area contributed by atoms with E-state index in [-0.39, 0.29) is 6.09 Å². The predicted molar refractivity (Wildman–Crippen MR) is 108 cm³/mol. The van der Waals surface area contributed by atoms with Gasteiger partial charge in [0.25, 0.3) is 0 Å².